The number of aromatic carboxylic acids is 1. The summed E-state index contributed by atoms with van der Waals surface area (Å²) in [6.07, 6.45) is 5.93. The number of carboxylic acids is 1. The Morgan fingerprint density at radius 2 is 1.63 bits per heavy atom. The van der Waals surface area contributed by atoms with Crippen molar-refractivity contribution in [1.29, 1.82) is 0 Å². The Labute approximate surface area is 409 Å². The highest BCUT2D eigenvalue weighted by Gasteiger charge is 2.33. The average molecular weight is 958 g/mol. The second kappa shape index (κ2) is 19.3. The molecule has 4 aliphatic rings. The van der Waals surface area contributed by atoms with E-state index in [4.69, 9.17) is 9.84 Å². The molecule has 0 aliphatic carbocycles. The number of piperidine rings is 3. The molecule has 4 aliphatic heterocycles. The third-order valence-electron chi connectivity index (χ3n) is 14.8. The molecule has 1 unspecified atom stereocenters. The predicted molar refractivity (Wildman–Crippen MR) is 270 cm³/mol. The molecule has 3 aromatic heterocycles. The van der Waals surface area contributed by atoms with Crippen molar-refractivity contribution in [3.63, 3.8) is 0 Å². The zero-order chi connectivity index (χ0) is 47.9. The average Bonchev–Trinajstić information content (AvgIpc) is 3.95. The number of thiazole rings is 1. The predicted octanol–water partition coefficient (Wildman–Crippen LogP) is 8.29. The number of ether oxygens (including phenoxy) is 1. The van der Waals surface area contributed by atoms with Crippen LogP contribution in [0.5, 0.6) is 5.75 Å². The largest absolute Gasteiger partial charge is 0.489 e. The van der Waals surface area contributed by atoms with Crippen LogP contribution in [-0.4, -0.2) is 92.7 Å². The summed E-state index contributed by atoms with van der Waals surface area (Å²) in [5.74, 6) is 0.0661. The van der Waals surface area contributed by atoms with Crippen LogP contribution >= 0.6 is 11.3 Å². The number of nitrogens with zero attached hydrogens (tertiary/aromatic N) is 7. The van der Waals surface area contributed by atoms with E-state index in [9.17, 15) is 24.3 Å². The molecular formula is C54H55N9O6S. The number of hydrogen-bond acceptors (Lipinski definition) is 12. The number of carboxylic acid groups (broad SMARTS) is 1. The number of para-hydroxylation sites is 2. The molecule has 70 heavy (non-hydrogen) atoms. The van der Waals surface area contributed by atoms with Crippen LogP contribution in [0.1, 0.15) is 99.2 Å². The number of aryl methyl sites for hydroxylation is 1. The minimum absolute atomic E-state index is 0.0523. The zero-order valence-corrected chi connectivity index (χ0v) is 39.9. The standard InChI is InChI=1S/C54H55N9O6S/c1-60-50-40(49(59-60)41-17-19-47(64)57-52(41)66)8-5-10-44(50)62-27-20-33(21-28-62)30-61-25-22-35(23-26-61)34-12-15-38(16-13-34)69-32-37-14-18-46(56-48(37)53(67)68)63-29-24-36-6-4-7-39(42(36)31-63)51(65)58-54-55-43-9-2-3-11-45(43)70-54/h2-16,18,33,35,41H,17,19-32H2,1H3,(H,67,68)(H,55,58,65)(H,57,64,66). The van der Waals surface area contributed by atoms with Gasteiger partial charge in [0.25, 0.3) is 5.91 Å². The Hall–Kier alpha value is -7.17. The summed E-state index contributed by atoms with van der Waals surface area (Å²) in [7, 11) is 1.94. The number of fused-ring (bicyclic) bond motifs is 3. The van der Waals surface area contributed by atoms with Crippen molar-refractivity contribution in [3.05, 3.63) is 136 Å². The van der Waals surface area contributed by atoms with Gasteiger partial charge >= 0.3 is 5.97 Å². The highest BCUT2D eigenvalue weighted by molar-refractivity contribution is 7.22. The normalized spacial score (nSPS) is 18.3. The maximum Gasteiger partial charge on any atom is 0.354 e. The molecule has 3 amide bonds. The number of carbonyl (C=O) groups excluding carboxylic acids is 3. The molecular weight excluding hydrogens is 903 g/mol. The van der Waals surface area contributed by atoms with Gasteiger partial charge in [0, 0.05) is 62.7 Å². The Morgan fingerprint density at radius 3 is 2.41 bits per heavy atom. The van der Waals surface area contributed by atoms with E-state index < -0.39 is 11.9 Å². The number of aromatic nitrogens is 4. The lowest BCUT2D eigenvalue weighted by molar-refractivity contribution is -0.134. The number of nitrogens with one attached hydrogen (secondary N) is 2. The molecule has 7 heterocycles. The van der Waals surface area contributed by atoms with Crippen molar-refractivity contribution >= 4 is 72.8 Å². The van der Waals surface area contributed by atoms with Crippen LogP contribution in [0.3, 0.4) is 0 Å². The van der Waals surface area contributed by atoms with Gasteiger partial charge in [-0.1, -0.05) is 59.9 Å². The number of benzene rings is 4. The lowest BCUT2D eigenvalue weighted by atomic mass is 9.88. The van der Waals surface area contributed by atoms with Crippen molar-refractivity contribution in [2.45, 2.75) is 69.9 Å². The molecule has 11 rings (SSSR count). The summed E-state index contributed by atoms with van der Waals surface area (Å²) >= 11 is 1.43. The quantitative estimate of drug-likeness (QED) is 0.100. The van der Waals surface area contributed by atoms with Crippen molar-refractivity contribution in [3.8, 4) is 5.75 Å². The summed E-state index contributed by atoms with van der Waals surface area (Å²) in [6.45, 7) is 6.28. The van der Waals surface area contributed by atoms with E-state index in [0.717, 1.165) is 102 Å². The molecule has 4 aromatic carbocycles. The van der Waals surface area contributed by atoms with Crippen LogP contribution in [0.15, 0.2) is 97.1 Å². The summed E-state index contributed by atoms with van der Waals surface area (Å²) < 4.78 is 9.06. The molecule has 1 atom stereocenters. The smallest absolute Gasteiger partial charge is 0.354 e. The summed E-state index contributed by atoms with van der Waals surface area (Å²) in [5.41, 5.74) is 8.05. The van der Waals surface area contributed by atoms with Gasteiger partial charge in [-0.2, -0.15) is 5.10 Å². The van der Waals surface area contributed by atoms with Crippen LogP contribution in [0.4, 0.5) is 16.6 Å². The Bertz CT molecular complexity index is 3100. The molecule has 0 saturated carbocycles. The molecule has 7 aromatic rings. The molecule has 3 N–H and O–H groups in total. The van der Waals surface area contributed by atoms with Crippen molar-refractivity contribution < 1.29 is 29.0 Å². The highest BCUT2D eigenvalue weighted by atomic mass is 32.1. The van der Waals surface area contributed by atoms with E-state index in [1.165, 1.54) is 16.9 Å². The Kier molecular flexibility index (Phi) is 12.5. The van der Waals surface area contributed by atoms with Gasteiger partial charge in [-0.25, -0.2) is 14.8 Å². The van der Waals surface area contributed by atoms with E-state index >= 15 is 0 Å². The van der Waals surface area contributed by atoms with E-state index in [-0.39, 0.29) is 30.0 Å². The lowest BCUT2D eigenvalue weighted by Gasteiger charge is -2.38. The Morgan fingerprint density at radius 1 is 0.829 bits per heavy atom. The number of pyridine rings is 1. The molecule has 0 bridgehead atoms. The van der Waals surface area contributed by atoms with Crippen molar-refractivity contribution in [2.24, 2.45) is 13.0 Å². The lowest BCUT2D eigenvalue weighted by Crippen LogP contribution is -2.41. The fourth-order valence-electron chi connectivity index (χ4n) is 11.0. The minimum atomic E-state index is -1.12. The fraction of sp³-hybridized carbons (Fsp3) is 0.352. The van der Waals surface area contributed by atoms with Crippen LogP contribution < -0.4 is 25.2 Å². The first-order valence-electron chi connectivity index (χ1n) is 24.4. The maximum atomic E-state index is 13.6. The molecule has 15 nitrogen and oxygen atoms in total. The monoisotopic (exact) mass is 957 g/mol. The van der Waals surface area contributed by atoms with Crippen LogP contribution in [0.25, 0.3) is 21.1 Å². The third-order valence-corrected chi connectivity index (χ3v) is 15.7. The van der Waals surface area contributed by atoms with E-state index in [1.54, 1.807) is 6.07 Å². The van der Waals surface area contributed by atoms with Gasteiger partial charge in [-0.3, -0.25) is 29.7 Å². The van der Waals surface area contributed by atoms with Gasteiger partial charge in [0.2, 0.25) is 11.8 Å². The van der Waals surface area contributed by atoms with E-state index in [2.05, 4.69) is 54.7 Å². The number of amides is 3. The molecule has 16 heteroatoms. The van der Waals surface area contributed by atoms with Crippen molar-refractivity contribution in [1.82, 2.24) is 30.0 Å². The second-order valence-corrected chi connectivity index (χ2v) is 20.1. The number of rotatable bonds is 12. The molecule has 3 fully saturated rings. The SMILES string of the molecule is Cn1nc(C2CCC(=O)NC2=O)c2cccc(N3CCC(CN4CCC(c5ccc(OCc6ccc(N7CCc8cccc(C(=O)Nc9nc%10ccccc%10s9)c8C7)nc6C(=O)O)cc5)CC4)CC3)c21. The third kappa shape index (κ3) is 9.20. The molecule has 0 radical (unpaired) electrons. The van der Waals surface area contributed by atoms with Crippen LogP contribution in [-0.2, 0) is 36.2 Å². The van der Waals surface area contributed by atoms with Gasteiger partial charge in [-0.05, 0) is 129 Å². The van der Waals surface area contributed by atoms with Gasteiger partial charge in [0.05, 0.1) is 33.0 Å². The van der Waals surface area contributed by atoms with Crippen LogP contribution in [0.2, 0.25) is 0 Å². The van der Waals surface area contributed by atoms with Crippen molar-refractivity contribution in [2.75, 3.05) is 54.4 Å². The number of likely N-dealkylation sites (tertiary alicyclic amines) is 1. The first-order chi connectivity index (χ1) is 34.1. The Balaban J connectivity index is 0.659. The summed E-state index contributed by atoms with van der Waals surface area (Å²) in [4.78, 5) is 67.0. The van der Waals surface area contributed by atoms with Gasteiger partial charge < -0.3 is 24.5 Å². The molecule has 358 valence electrons. The number of hydrogen-bond donors (Lipinski definition) is 3. The minimum Gasteiger partial charge on any atom is -0.489 e. The first kappa shape index (κ1) is 45.3. The summed E-state index contributed by atoms with van der Waals surface area (Å²) in [6, 6.07) is 31.7. The zero-order valence-electron chi connectivity index (χ0n) is 39.1. The fourth-order valence-corrected chi connectivity index (χ4v) is 11.9. The topological polar surface area (TPSA) is 175 Å². The molecule has 0 spiro atoms. The highest BCUT2D eigenvalue weighted by Crippen LogP contribution is 2.37. The van der Waals surface area contributed by atoms with Gasteiger partial charge in [0.1, 0.15) is 18.2 Å². The van der Waals surface area contributed by atoms with E-state index in [1.807, 2.05) is 83.4 Å². The number of imide groups is 1. The molecule has 3 saturated heterocycles. The van der Waals surface area contributed by atoms with Gasteiger partial charge in [-0.15, -0.1) is 0 Å². The van der Waals surface area contributed by atoms with Crippen LogP contribution in [0, 0.1) is 5.92 Å². The van der Waals surface area contributed by atoms with E-state index in [0.29, 0.717) is 72.0 Å². The number of anilines is 3. The second-order valence-electron chi connectivity index (χ2n) is 19.1. The van der Waals surface area contributed by atoms with Gasteiger partial charge in [0.15, 0.2) is 10.8 Å². The maximum absolute atomic E-state index is 13.6. The number of carbonyl (C=O) groups is 4. The summed E-state index contributed by atoms with van der Waals surface area (Å²) in [5, 5.41) is 22.1. The first-order valence-corrected chi connectivity index (χ1v) is 25.2.